The van der Waals surface area contributed by atoms with Crippen LogP contribution in [0.1, 0.15) is 18.9 Å². The molecular weight excluding hydrogens is 462 g/mol. The molecule has 0 aliphatic heterocycles. The van der Waals surface area contributed by atoms with E-state index in [0.717, 1.165) is 10.1 Å². The van der Waals surface area contributed by atoms with Crippen LogP contribution in [0, 0.1) is 0 Å². The van der Waals surface area contributed by atoms with Crippen LogP contribution in [0.3, 0.4) is 0 Å². The van der Waals surface area contributed by atoms with E-state index >= 15 is 0 Å². The molecular formula is C24H24F2N4O5. The standard InChI is InChI=1S/C24H24F2N4O5/c1-24(25,26)35-18-11-6-10-17(14-18)34-22-27-20-19(30(22)15-16-8-4-3-5-9-16)21(32)29(12-7-13-31)23(33)28(20)2/h3-6,8-11,14,31H,7,12-13,15H2,1-2H3. The van der Waals surface area contributed by atoms with Crippen LogP contribution in [0.15, 0.2) is 64.2 Å². The average molecular weight is 486 g/mol. The van der Waals surface area contributed by atoms with Crippen LogP contribution >= 0.6 is 0 Å². The number of hydrogen-bond acceptors (Lipinski definition) is 6. The first-order valence-electron chi connectivity index (χ1n) is 10.9. The number of aliphatic hydroxyl groups excluding tert-OH is 1. The second-order valence-corrected chi connectivity index (χ2v) is 8.00. The highest BCUT2D eigenvalue weighted by molar-refractivity contribution is 5.72. The van der Waals surface area contributed by atoms with E-state index in [9.17, 15) is 23.5 Å². The highest BCUT2D eigenvalue weighted by Gasteiger charge is 2.24. The van der Waals surface area contributed by atoms with Gasteiger partial charge in [-0.05, 0) is 24.1 Å². The van der Waals surface area contributed by atoms with E-state index in [4.69, 9.17) is 4.74 Å². The number of rotatable bonds is 9. The molecule has 0 aliphatic carbocycles. The van der Waals surface area contributed by atoms with Gasteiger partial charge in [0.1, 0.15) is 11.5 Å². The van der Waals surface area contributed by atoms with E-state index in [2.05, 4.69) is 9.72 Å². The molecule has 0 unspecified atom stereocenters. The molecule has 0 fully saturated rings. The maximum Gasteiger partial charge on any atom is 0.394 e. The topological polar surface area (TPSA) is 101 Å². The van der Waals surface area contributed by atoms with Crippen molar-refractivity contribution < 1.29 is 23.4 Å². The van der Waals surface area contributed by atoms with Gasteiger partial charge in [-0.25, -0.2) is 4.79 Å². The highest BCUT2D eigenvalue weighted by atomic mass is 19.3. The lowest BCUT2D eigenvalue weighted by atomic mass is 10.2. The molecule has 4 rings (SSSR count). The SMILES string of the molecule is Cn1c(=O)n(CCCO)c(=O)c2c1nc(Oc1cccc(OC(C)(F)F)c1)n2Cc1ccccc1. The number of benzene rings is 2. The number of hydrogen-bond donors (Lipinski definition) is 1. The van der Waals surface area contributed by atoms with Gasteiger partial charge in [0.25, 0.3) is 5.56 Å². The summed E-state index contributed by atoms with van der Waals surface area (Å²) in [5.74, 6) is 0.0430. The van der Waals surface area contributed by atoms with Crippen LogP contribution in [0.25, 0.3) is 11.2 Å². The molecule has 0 saturated carbocycles. The molecule has 4 aromatic rings. The Labute approximate surface area is 198 Å². The van der Waals surface area contributed by atoms with Crippen molar-refractivity contribution >= 4 is 11.2 Å². The number of aryl methyl sites for hydroxylation is 1. The van der Waals surface area contributed by atoms with E-state index in [1.165, 1.54) is 40.4 Å². The number of fused-ring (bicyclic) bond motifs is 1. The highest BCUT2D eigenvalue weighted by Crippen LogP contribution is 2.29. The fourth-order valence-corrected chi connectivity index (χ4v) is 3.68. The van der Waals surface area contributed by atoms with Crippen molar-refractivity contribution in [3.05, 3.63) is 81.0 Å². The van der Waals surface area contributed by atoms with Crippen molar-refractivity contribution in [1.29, 1.82) is 0 Å². The molecule has 0 amide bonds. The van der Waals surface area contributed by atoms with Crippen LogP contribution in [-0.2, 0) is 20.1 Å². The maximum absolute atomic E-state index is 13.3. The molecule has 35 heavy (non-hydrogen) atoms. The molecule has 0 spiro atoms. The van der Waals surface area contributed by atoms with Crippen molar-refractivity contribution in [1.82, 2.24) is 18.7 Å². The minimum atomic E-state index is -3.38. The smallest absolute Gasteiger partial charge is 0.394 e. The molecule has 1 N–H and O–H groups in total. The zero-order valence-electron chi connectivity index (χ0n) is 19.1. The third-order valence-corrected chi connectivity index (χ3v) is 5.23. The molecule has 0 atom stereocenters. The summed E-state index contributed by atoms with van der Waals surface area (Å²) in [6.45, 7) is 0.682. The Balaban J connectivity index is 1.87. The van der Waals surface area contributed by atoms with Gasteiger partial charge in [-0.1, -0.05) is 36.4 Å². The molecule has 0 aliphatic rings. The fraction of sp³-hybridized carbons (Fsp3) is 0.292. The minimum absolute atomic E-state index is 0.00345. The summed E-state index contributed by atoms with van der Waals surface area (Å²) in [5.41, 5.74) is -0.0606. The first-order valence-corrected chi connectivity index (χ1v) is 10.9. The lowest BCUT2D eigenvalue weighted by Gasteiger charge is -2.14. The van der Waals surface area contributed by atoms with Crippen molar-refractivity contribution in [2.75, 3.05) is 6.61 Å². The van der Waals surface area contributed by atoms with Crippen molar-refractivity contribution in [2.24, 2.45) is 7.05 Å². The van der Waals surface area contributed by atoms with E-state index < -0.39 is 17.4 Å². The van der Waals surface area contributed by atoms with E-state index in [1.807, 2.05) is 30.3 Å². The second kappa shape index (κ2) is 9.71. The number of aromatic nitrogens is 4. The molecule has 11 heteroatoms. The summed E-state index contributed by atoms with van der Waals surface area (Å²) >= 11 is 0. The number of alkyl halides is 2. The summed E-state index contributed by atoms with van der Waals surface area (Å²) < 4.78 is 40.9. The molecule has 9 nitrogen and oxygen atoms in total. The number of imidazole rings is 1. The van der Waals surface area contributed by atoms with Gasteiger partial charge < -0.3 is 14.6 Å². The average Bonchev–Trinajstić information content (AvgIpc) is 3.15. The molecule has 0 saturated heterocycles. The van der Waals surface area contributed by atoms with Crippen LogP contribution in [0.2, 0.25) is 0 Å². The fourth-order valence-electron chi connectivity index (χ4n) is 3.68. The first kappa shape index (κ1) is 24.1. The molecule has 0 bridgehead atoms. The van der Waals surface area contributed by atoms with Crippen LogP contribution < -0.4 is 20.7 Å². The first-order chi connectivity index (χ1) is 16.7. The molecule has 184 valence electrons. The van der Waals surface area contributed by atoms with E-state index in [0.29, 0.717) is 6.92 Å². The van der Waals surface area contributed by atoms with Gasteiger partial charge in [0, 0.05) is 33.2 Å². The Bertz CT molecular complexity index is 1460. The summed E-state index contributed by atoms with van der Waals surface area (Å²) in [6.07, 6.45) is -3.15. The zero-order chi connectivity index (χ0) is 25.2. The summed E-state index contributed by atoms with van der Waals surface area (Å²) in [4.78, 5) is 30.5. The van der Waals surface area contributed by atoms with E-state index in [1.54, 1.807) is 0 Å². The summed E-state index contributed by atoms with van der Waals surface area (Å²) in [6, 6.07) is 14.9. The Hall–Kier alpha value is -3.99. The molecule has 2 heterocycles. The Morgan fingerprint density at radius 1 is 1.03 bits per heavy atom. The number of halogens is 2. The molecule has 0 radical (unpaired) electrons. The number of aliphatic hydroxyl groups is 1. The van der Waals surface area contributed by atoms with Gasteiger partial charge in [0.15, 0.2) is 11.2 Å². The quantitative estimate of drug-likeness (QED) is 0.390. The Kier molecular flexibility index (Phi) is 6.70. The number of ether oxygens (including phenoxy) is 2. The van der Waals surface area contributed by atoms with Crippen LogP contribution in [0.4, 0.5) is 8.78 Å². The summed E-state index contributed by atoms with van der Waals surface area (Å²) in [7, 11) is 1.49. The van der Waals surface area contributed by atoms with Crippen molar-refractivity contribution in [3.63, 3.8) is 0 Å². The van der Waals surface area contributed by atoms with Crippen molar-refractivity contribution in [3.8, 4) is 17.5 Å². The predicted molar refractivity (Wildman–Crippen MR) is 124 cm³/mol. The Morgan fingerprint density at radius 2 is 1.74 bits per heavy atom. The molecule has 2 aromatic heterocycles. The zero-order valence-corrected chi connectivity index (χ0v) is 19.1. The second-order valence-electron chi connectivity index (χ2n) is 8.00. The monoisotopic (exact) mass is 486 g/mol. The summed E-state index contributed by atoms with van der Waals surface area (Å²) in [5, 5.41) is 9.18. The third kappa shape index (κ3) is 5.24. The normalized spacial score (nSPS) is 11.7. The van der Waals surface area contributed by atoms with Gasteiger partial charge >= 0.3 is 17.8 Å². The lowest BCUT2D eigenvalue weighted by Crippen LogP contribution is -2.39. The van der Waals surface area contributed by atoms with Gasteiger partial charge in [0.2, 0.25) is 0 Å². The van der Waals surface area contributed by atoms with Gasteiger partial charge in [-0.2, -0.15) is 13.8 Å². The molecule has 2 aromatic carbocycles. The minimum Gasteiger partial charge on any atom is -0.433 e. The number of nitrogens with zero attached hydrogens (tertiary/aromatic N) is 4. The lowest BCUT2D eigenvalue weighted by molar-refractivity contribution is -0.159. The predicted octanol–water partition coefficient (Wildman–Crippen LogP) is 3.11. The van der Waals surface area contributed by atoms with Crippen LogP contribution in [0.5, 0.6) is 17.5 Å². The maximum atomic E-state index is 13.3. The third-order valence-electron chi connectivity index (χ3n) is 5.23. The van der Waals surface area contributed by atoms with Gasteiger partial charge in [-0.15, -0.1) is 0 Å². The van der Waals surface area contributed by atoms with Gasteiger partial charge in [-0.3, -0.25) is 18.5 Å². The largest absolute Gasteiger partial charge is 0.433 e. The van der Waals surface area contributed by atoms with Gasteiger partial charge in [0.05, 0.1) is 6.54 Å². The van der Waals surface area contributed by atoms with Crippen molar-refractivity contribution in [2.45, 2.75) is 32.5 Å². The Morgan fingerprint density at radius 3 is 2.43 bits per heavy atom. The van der Waals surface area contributed by atoms with E-state index in [-0.39, 0.29) is 54.8 Å². The van der Waals surface area contributed by atoms with Crippen LogP contribution in [-0.4, -0.2) is 36.5 Å².